The van der Waals surface area contributed by atoms with E-state index in [4.69, 9.17) is 15.6 Å². The molecule has 0 radical (unpaired) electrons. The average Bonchev–Trinajstić information content (AvgIpc) is 1.84. The van der Waals surface area contributed by atoms with Crippen molar-refractivity contribution < 1.29 is 25.2 Å². The van der Waals surface area contributed by atoms with Gasteiger partial charge in [-0.2, -0.15) is 0 Å². The summed E-state index contributed by atoms with van der Waals surface area (Å²) in [7, 11) is 0. The number of carbonyl (C=O) groups excluding carboxylic acids is 2. The maximum Gasteiger partial charge on any atom is 0.363 e. The van der Waals surface area contributed by atoms with Crippen molar-refractivity contribution in [3.05, 3.63) is 0 Å². The fourth-order valence-corrected chi connectivity index (χ4v) is 0.139. The summed E-state index contributed by atoms with van der Waals surface area (Å²) in [6.07, 6.45) is 0. The summed E-state index contributed by atoms with van der Waals surface area (Å²) < 4.78 is 0. The molecule has 0 unspecified atom stereocenters. The number of carbonyl (C=O) groups is 2. The van der Waals surface area contributed by atoms with Gasteiger partial charge in [0.2, 0.25) is 0 Å². The van der Waals surface area contributed by atoms with E-state index in [1.807, 2.05) is 0 Å². The van der Waals surface area contributed by atoms with Crippen LogP contribution in [-0.2, 0) is 9.59 Å². The third-order valence-corrected chi connectivity index (χ3v) is 0.477. The fraction of sp³-hybridized carbons (Fsp3) is 0. The Kier molecular flexibility index (Phi) is 2.58. The van der Waals surface area contributed by atoms with Gasteiger partial charge in [-0.25, -0.2) is 5.48 Å². The smallest absolute Gasteiger partial charge is 0.288 e. The summed E-state index contributed by atoms with van der Waals surface area (Å²) in [5, 5.41) is 22.3. The summed E-state index contributed by atoms with van der Waals surface area (Å²) in [4.78, 5) is 19.8. The molecule has 52 valence electrons. The molecule has 0 fully saturated rings. The van der Waals surface area contributed by atoms with E-state index in [2.05, 4.69) is 0 Å². The number of nitrogens with zero attached hydrogens (tertiary/aromatic N) is 1. The summed E-state index contributed by atoms with van der Waals surface area (Å²) in [5.41, 5.74) is 0.896. The minimum absolute atomic E-state index is 0.896. The lowest BCUT2D eigenvalue weighted by Crippen LogP contribution is -2.38. The zero-order valence-corrected chi connectivity index (χ0v) is 4.11. The van der Waals surface area contributed by atoms with Crippen molar-refractivity contribution in [3.63, 3.8) is 0 Å². The van der Waals surface area contributed by atoms with Gasteiger partial charge in [0.25, 0.3) is 0 Å². The molecular formula is C2H4N2O5. The van der Waals surface area contributed by atoms with Crippen LogP contribution in [-0.4, -0.2) is 32.7 Å². The molecule has 0 heterocycles. The van der Waals surface area contributed by atoms with Crippen molar-refractivity contribution in [2.75, 3.05) is 0 Å². The van der Waals surface area contributed by atoms with Crippen LogP contribution in [0.25, 0.3) is 0 Å². The van der Waals surface area contributed by atoms with Crippen molar-refractivity contribution >= 4 is 11.8 Å². The summed E-state index contributed by atoms with van der Waals surface area (Å²) in [6.45, 7) is 0. The highest BCUT2D eigenvalue weighted by Crippen LogP contribution is 1.74. The average molecular weight is 136 g/mol. The minimum Gasteiger partial charge on any atom is -0.288 e. The van der Waals surface area contributed by atoms with Crippen molar-refractivity contribution in [3.8, 4) is 0 Å². The molecule has 2 amide bonds. The van der Waals surface area contributed by atoms with Crippen LogP contribution in [0.2, 0.25) is 0 Å². The second-order valence-corrected chi connectivity index (χ2v) is 1.04. The Morgan fingerprint density at radius 3 is 1.89 bits per heavy atom. The van der Waals surface area contributed by atoms with E-state index in [9.17, 15) is 9.59 Å². The van der Waals surface area contributed by atoms with Crippen LogP contribution >= 0.6 is 0 Å². The second kappa shape index (κ2) is 2.97. The molecule has 0 saturated heterocycles. The van der Waals surface area contributed by atoms with Crippen molar-refractivity contribution in [1.29, 1.82) is 0 Å². The van der Waals surface area contributed by atoms with Gasteiger partial charge >= 0.3 is 11.8 Å². The predicted molar refractivity (Wildman–Crippen MR) is 20.3 cm³/mol. The van der Waals surface area contributed by atoms with Crippen LogP contribution in [0.4, 0.5) is 0 Å². The lowest BCUT2D eigenvalue weighted by Gasteiger charge is -2.01. The Morgan fingerprint density at radius 2 is 1.78 bits per heavy atom. The molecule has 9 heavy (non-hydrogen) atoms. The van der Waals surface area contributed by atoms with Crippen LogP contribution in [0.1, 0.15) is 0 Å². The number of hydroxylamine groups is 3. The number of hydrogen-bond donors (Lipinski definition) is 4. The lowest BCUT2D eigenvalue weighted by atomic mass is 10.6. The Labute approximate surface area is 49.0 Å². The van der Waals surface area contributed by atoms with Gasteiger partial charge in [0.15, 0.2) is 0 Å². The van der Waals surface area contributed by atoms with Gasteiger partial charge in [-0.3, -0.25) is 25.2 Å². The van der Waals surface area contributed by atoms with E-state index in [0.717, 1.165) is 5.48 Å². The highest BCUT2D eigenvalue weighted by molar-refractivity contribution is 6.33. The fourth-order valence-electron chi connectivity index (χ4n) is 0.139. The van der Waals surface area contributed by atoms with Gasteiger partial charge < -0.3 is 0 Å². The number of amides is 2. The topological polar surface area (TPSA) is 110 Å². The third-order valence-electron chi connectivity index (χ3n) is 0.477. The Balaban J connectivity index is 3.89. The van der Waals surface area contributed by atoms with Crippen LogP contribution in [0, 0.1) is 0 Å². The zero-order chi connectivity index (χ0) is 7.44. The van der Waals surface area contributed by atoms with Gasteiger partial charge in [-0.05, 0) is 0 Å². The minimum atomic E-state index is -1.67. The van der Waals surface area contributed by atoms with E-state index in [0.29, 0.717) is 0 Å². The SMILES string of the molecule is O=C(NO)C(=O)N(O)O. The Morgan fingerprint density at radius 1 is 1.33 bits per heavy atom. The quantitative estimate of drug-likeness (QED) is 0.176. The van der Waals surface area contributed by atoms with Crippen LogP contribution in [0.5, 0.6) is 0 Å². The first-order valence-corrected chi connectivity index (χ1v) is 1.76. The molecule has 7 nitrogen and oxygen atoms in total. The van der Waals surface area contributed by atoms with Crippen molar-refractivity contribution in [1.82, 2.24) is 10.7 Å². The highest BCUT2D eigenvalue weighted by Gasteiger charge is 2.17. The maximum absolute atomic E-state index is 9.93. The molecule has 0 aliphatic heterocycles. The van der Waals surface area contributed by atoms with E-state index >= 15 is 0 Å². The Hall–Kier alpha value is -1.18. The first-order valence-electron chi connectivity index (χ1n) is 1.76. The molecule has 4 N–H and O–H groups in total. The molecule has 0 aromatic heterocycles. The molecule has 0 saturated carbocycles. The normalized spacial score (nSPS) is 8.33. The Bertz CT molecular complexity index is 131. The molecule has 0 aliphatic carbocycles. The molecule has 0 aromatic carbocycles. The molecule has 0 atom stereocenters. The van der Waals surface area contributed by atoms with Crippen molar-refractivity contribution in [2.45, 2.75) is 0 Å². The number of hydrogen-bond acceptors (Lipinski definition) is 5. The molecule has 0 bridgehead atoms. The predicted octanol–water partition coefficient (Wildman–Crippen LogP) is -1.90. The lowest BCUT2D eigenvalue weighted by molar-refractivity contribution is -0.282. The molecule has 0 spiro atoms. The molecule has 0 aliphatic rings. The van der Waals surface area contributed by atoms with Crippen LogP contribution in [0.3, 0.4) is 0 Å². The molecule has 0 rings (SSSR count). The van der Waals surface area contributed by atoms with Gasteiger partial charge in [0.05, 0.1) is 0 Å². The maximum atomic E-state index is 9.93. The van der Waals surface area contributed by atoms with E-state index in [1.54, 1.807) is 0 Å². The summed E-state index contributed by atoms with van der Waals surface area (Å²) in [6, 6.07) is 0. The first-order chi connectivity index (χ1) is 4.09. The number of nitrogens with one attached hydrogen (secondary N) is 1. The number of rotatable bonds is 0. The van der Waals surface area contributed by atoms with E-state index in [-0.39, 0.29) is 0 Å². The third kappa shape index (κ3) is 2.04. The highest BCUT2D eigenvalue weighted by atomic mass is 16.8. The molecule has 7 heteroatoms. The summed E-state index contributed by atoms with van der Waals surface area (Å²) in [5.74, 6) is -3.20. The van der Waals surface area contributed by atoms with Crippen molar-refractivity contribution in [2.24, 2.45) is 0 Å². The van der Waals surface area contributed by atoms with Crippen LogP contribution < -0.4 is 5.48 Å². The first kappa shape index (κ1) is 7.82. The largest absolute Gasteiger partial charge is 0.363 e. The van der Waals surface area contributed by atoms with Gasteiger partial charge in [-0.15, -0.1) is 0 Å². The van der Waals surface area contributed by atoms with Gasteiger partial charge in [0, 0.05) is 0 Å². The van der Waals surface area contributed by atoms with E-state index in [1.165, 1.54) is 0 Å². The summed E-state index contributed by atoms with van der Waals surface area (Å²) >= 11 is 0. The molecule has 0 aromatic rings. The van der Waals surface area contributed by atoms with Gasteiger partial charge in [-0.1, -0.05) is 5.23 Å². The van der Waals surface area contributed by atoms with Crippen LogP contribution in [0.15, 0.2) is 0 Å². The molecular weight excluding hydrogens is 132 g/mol. The zero-order valence-electron chi connectivity index (χ0n) is 4.11. The van der Waals surface area contributed by atoms with Gasteiger partial charge in [0.1, 0.15) is 0 Å². The second-order valence-electron chi connectivity index (χ2n) is 1.04. The standard InChI is InChI=1S/C2H4N2O5/c5-1(3-7)2(6)4(8)9/h7-9H,(H,3,5). The monoisotopic (exact) mass is 136 g/mol. The van der Waals surface area contributed by atoms with E-state index < -0.39 is 17.0 Å².